The van der Waals surface area contributed by atoms with Crippen molar-refractivity contribution in [2.24, 2.45) is 5.41 Å². The van der Waals surface area contributed by atoms with Gasteiger partial charge >= 0.3 is 0 Å². The zero-order valence-electron chi connectivity index (χ0n) is 16.5. The molecule has 3 rings (SSSR count). The highest BCUT2D eigenvalue weighted by Crippen LogP contribution is 2.33. The van der Waals surface area contributed by atoms with Crippen LogP contribution in [0.15, 0.2) is 42.6 Å². The monoisotopic (exact) mass is 351 g/mol. The van der Waals surface area contributed by atoms with E-state index in [0.29, 0.717) is 5.56 Å². The van der Waals surface area contributed by atoms with Crippen molar-refractivity contribution in [1.29, 1.82) is 0 Å². The van der Waals surface area contributed by atoms with Gasteiger partial charge in [0.25, 0.3) is 5.91 Å². The molecule has 0 spiro atoms. The molecule has 0 atom stereocenters. The second-order valence-electron chi connectivity index (χ2n) is 9.01. The van der Waals surface area contributed by atoms with E-state index < -0.39 is 0 Å². The molecular formula is C22H29N3O. The van der Waals surface area contributed by atoms with E-state index >= 15 is 0 Å². The molecule has 2 heterocycles. The van der Waals surface area contributed by atoms with Crippen molar-refractivity contribution in [1.82, 2.24) is 10.3 Å². The minimum atomic E-state index is -0.265. The number of hydrogen-bond acceptors (Lipinski definition) is 3. The number of fused-ring (bicyclic) bond motifs is 1. The summed E-state index contributed by atoms with van der Waals surface area (Å²) in [7, 11) is 0. The molecule has 1 amide bonds. The number of nitrogens with zero attached hydrogens (tertiary/aromatic N) is 2. The fraction of sp³-hybridized carbons (Fsp3) is 0.455. The number of anilines is 2. The summed E-state index contributed by atoms with van der Waals surface area (Å²) in [6, 6.07) is 12.1. The van der Waals surface area contributed by atoms with Crippen LogP contribution in [0, 0.1) is 5.41 Å². The molecule has 0 unspecified atom stereocenters. The summed E-state index contributed by atoms with van der Waals surface area (Å²) in [6.07, 6.45) is 3.64. The summed E-state index contributed by atoms with van der Waals surface area (Å²) < 4.78 is 0. The number of rotatable bonds is 4. The molecule has 1 aromatic carbocycles. The number of hydrogen-bond donors (Lipinski definition) is 1. The Kier molecular flexibility index (Phi) is 4.78. The topological polar surface area (TPSA) is 45.2 Å². The average Bonchev–Trinajstić information content (AvgIpc) is 2.96. The standard InChI is InChI=1S/C22H29N3O/c1-21(2,3)15-22(4,5)24-20(26)17-10-12-23-19(14-17)25-13-11-16-8-6-7-9-18(16)25/h6-10,12,14H,11,13,15H2,1-5H3,(H,24,26). The summed E-state index contributed by atoms with van der Waals surface area (Å²) >= 11 is 0. The Bertz CT molecular complexity index is 805. The van der Waals surface area contributed by atoms with E-state index in [2.05, 4.69) is 68.0 Å². The van der Waals surface area contributed by atoms with Crippen molar-refractivity contribution in [3.63, 3.8) is 0 Å². The predicted octanol–water partition coefficient (Wildman–Crippen LogP) is 4.72. The predicted molar refractivity (Wildman–Crippen MR) is 107 cm³/mol. The van der Waals surface area contributed by atoms with Gasteiger partial charge in [0.1, 0.15) is 5.82 Å². The van der Waals surface area contributed by atoms with Gasteiger partial charge in [-0.3, -0.25) is 4.79 Å². The molecule has 26 heavy (non-hydrogen) atoms. The maximum Gasteiger partial charge on any atom is 0.251 e. The van der Waals surface area contributed by atoms with E-state index in [1.54, 1.807) is 12.3 Å². The van der Waals surface area contributed by atoms with E-state index in [1.807, 2.05) is 12.1 Å². The van der Waals surface area contributed by atoms with Gasteiger partial charge in [0.05, 0.1) is 0 Å². The van der Waals surface area contributed by atoms with Crippen LogP contribution < -0.4 is 10.2 Å². The van der Waals surface area contributed by atoms with Crippen LogP contribution in [0.2, 0.25) is 0 Å². The highest BCUT2D eigenvalue weighted by Gasteiger charge is 2.28. The lowest BCUT2D eigenvalue weighted by molar-refractivity contribution is 0.0891. The normalized spacial score (nSPS) is 14.3. The maximum absolute atomic E-state index is 12.8. The number of para-hydroxylation sites is 1. The van der Waals surface area contributed by atoms with Crippen LogP contribution in [0.3, 0.4) is 0 Å². The van der Waals surface area contributed by atoms with Crippen LogP contribution in [-0.2, 0) is 6.42 Å². The zero-order chi connectivity index (χ0) is 18.9. The number of aromatic nitrogens is 1. The number of pyridine rings is 1. The number of carbonyl (C=O) groups excluding carboxylic acids is 1. The molecule has 0 fully saturated rings. The third-order valence-electron chi connectivity index (χ3n) is 4.60. The first-order valence-electron chi connectivity index (χ1n) is 9.29. The van der Waals surface area contributed by atoms with Crippen LogP contribution >= 0.6 is 0 Å². The van der Waals surface area contributed by atoms with Gasteiger partial charge in [-0.25, -0.2) is 4.98 Å². The molecule has 4 heteroatoms. The van der Waals surface area contributed by atoms with Crippen molar-refractivity contribution in [3.8, 4) is 0 Å². The molecule has 1 aromatic heterocycles. The summed E-state index contributed by atoms with van der Waals surface area (Å²) in [5.74, 6) is 0.784. The fourth-order valence-electron chi connectivity index (χ4n) is 4.03. The Morgan fingerprint density at radius 2 is 1.88 bits per heavy atom. The van der Waals surface area contributed by atoms with Crippen molar-refractivity contribution in [2.45, 2.75) is 53.0 Å². The molecule has 1 aliphatic heterocycles. The molecule has 138 valence electrons. The zero-order valence-corrected chi connectivity index (χ0v) is 16.5. The van der Waals surface area contributed by atoms with E-state index in [0.717, 1.165) is 25.2 Å². The van der Waals surface area contributed by atoms with Crippen LogP contribution in [0.1, 0.15) is 57.0 Å². The molecule has 1 aliphatic rings. The highest BCUT2D eigenvalue weighted by atomic mass is 16.1. The molecule has 1 N–H and O–H groups in total. The molecular weight excluding hydrogens is 322 g/mol. The minimum Gasteiger partial charge on any atom is -0.347 e. The lowest BCUT2D eigenvalue weighted by atomic mass is 9.81. The van der Waals surface area contributed by atoms with Gasteiger partial charge in [-0.2, -0.15) is 0 Å². The Balaban J connectivity index is 1.79. The van der Waals surface area contributed by atoms with E-state index in [9.17, 15) is 4.79 Å². The van der Waals surface area contributed by atoms with E-state index in [-0.39, 0.29) is 16.9 Å². The minimum absolute atomic E-state index is 0.0459. The second-order valence-corrected chi connectivity index (χ2v) is 9.01. The van der Waals surface area contributed by atoms with Gasteiger partial charge in [-0.1, -0.05) is 39.0 Å². The van der Waals surface area contributed by atoms with E-state index in [1.165, 1.54) is 11.3 Å². The molecule has 2 aromatic rings. The molecule has 4 nitrogen and oxygen atoms in total. The van der Waals surface area contributed by atoms with Gasteiger partial charge < -0.3 is 10.2 Å². The largest absolute Gasteiger partial charge is 0.347 e. The van der Waals surface area contributed by atoms with Crippen molar-refractivity contribution in [2.75, 3.05) is 11.4 Å². The summed E-state index contributed by atoms with van der Waals surface area (Å²) in [5.41, 5.74) is 3.06. The molecule has 0 aliphatic carbocycles. The van der Waals surface area contributed by atoms with Gasteiger partial charge in [-0.15, -0.1) is 0 Å². The molecule has 0 radical (unpaired) electrons. The Labute approximate surface area is 156 Å². The fourth-order valence-corrected chi connectivity index (χ4v) is 4.03. The summed E-state index contributed by atoms with van der Waals surface area (Å²) in [5, 5.41) is 3.18. The van der Waals surface area contributed by atoms with Crippen LogP contribution in [-0.4, -0.2) is 23.0 Å². The Hall–Kier alpha value is -2.36. The average molecular weight is 351 g/mol. The maximum atomic E-state index is 12.8. The third kappa shape index (κ3) is 4.24. The first kappa shape index (κ1) is 18.4. The lowest BCUT2D eigenvalue weighted by Gasteiger charge is -2.33. The van der Waals surface area contributed by atoms with Crippen molar-refractivity contribution < 1.29 is 4.79 Å². The first-order valence-corrected chi connectivity index (χ1v) is 9.29. The summed E-state index contributed by atoms with van der Waals surface area (Å²) in [4.78, 5) is 19.5. The lowest BCUT2D eigenvalue weighted by Crippen LogP contribution is -2.45. The first-order chi connectivity index (χ1) is 12.1. The van der Waals surface area contributed by atoms with Crippen LogP contribution in [0.5, 0.6) is 0 Å². The molecule has 0 saturated carbocycles. The van der Waals surface area contributed by atoms with E-state index in [4.69, 9.17) is 0 Å². The smallest absolute Gasteiger partial charge is 0.251 e. The summed E-state index contributed by atoms with van der Waals surface area (Å²) in [6.45, 7) is 11.6. The highest BCUT2D eigenvalue weighted by molar-refractivity contribution is 5.95. The quantitative estimate of drug-likeness (QED) is 0.867. The van der Waals surface area contributed by atoms with Crippen LogP contribution in [0.4, 0.5) is 11.5 Å². The third-order valence-corrected chi connectivity index (χ3v) is 4.60. The second kappa shape index (κ2) is 6.75. The SMILES string of the molecule is CC(C)(C)CC(C)(C)NC(=O)c1ccnc(N2CCc3ccccc32)c1. The van der Waals surface area contributed by atoms with Crippen LogP contribution in [0.25, 0.3) is 0 Å². The van der Waals surface area contributed by atoms with Gasteiger partial charge in [0, 0.05) is 29.5 Å². The Morgan fingerprint density at radius 3 is 2.62 bits per heavy atom. The van der Waals surface area contributed by atoms with Gasteiger partial charge in [0.15, 0.2) is 0 Å². The number of benzene rings is 1. The van der Waals surface area contributed by atoms with Crippen molar-refractivity contribution >= 4 is 17.4 Å². The molecule has 0 bridgehead atoms. The van der Waals surface area contributed by atoms with Gasteiger partial charge in [0.2, 0.25) is 0 Å². The number of carbonyl (C=O) groups is 1. The van der Waals surface area contributed by atoms with Gasteiger partial charge in [-0.05, 0) is 55.9 Å². The Morgan fingerprint density at radius 1 is 1.15 bits per heavy atom. The number of amides is 1. The molecule has 0 saturated heterocycles. The number of nitrogens with one attached hydrogen (secondary N) is 1. The van der Waals surface area contributed by atoms with Crippen molar-refractivity contribution in [3.05, 3.63) is 53.7 Å².